The molecule has 0 radical (unpaired) electrons. The number of hydrogen-bond donors (Lipinski definition) is 1. The Bertz CT molecular complexity index is 1050. The maximum Gasteiger partial charge on any atom is 0.179 e. The van der Waals surface area contributed by atoms with Crippen LogP contribution in [0, 0.1) is 25.2 Å². The summed E-state index contributed by atoms with van der Waals surface area (Å²) in [6.45, 7) is 8.84. The molecule has 1 heterocycles. The van der Waals surface area contributed by atoms with Crippen LogP contribution in [0.4, 0.5) is 0 Å². The molecule has 3 rings (SSSR count). The van der Waals surface area contributed by atoms with E-state index in [2.05, 4.69) is 16.0 Å². The number of imidazole rings is 1. The van der Waals surface area contributed by atoms with Crippen molar-refractivity contribution >= 4 is 34.3 Å². The van der Waals surface area contributed by atoms with Gasteiger partial charge in [-0.3, -0.25) is 0 Å². The van der Waals surface area contributed by atoms with Crippen LogP contribution in [-0.4, -0.2) is 23.2 Å². The van der Waals surface area contributed by atoms with Crippen molar-refractivity contribution < 1.29 is 9.47 Å². The number of ether oxygens (including phenoxy) is 2. The topological polar surface area (TPSA) is 70.9 Å². The number of nitrogens with zero attached hydrogens (tertiary/aromatic N) is 2. The van der Waals surface area contributed by atoms with Crippen molar-refractivity contribution in [1.29, 1.82) is 5.26 Å². The van der Waals surface area contributed by atoms with Gasteiger partial charge in [0.1, 0.15) is 11.9 Å². The van der Waals surface area contributed by atoms with Crippen molar-refractivity contribution in [3.8, 4) is 17.6 Å². The van der Waals surface area contributed by atoms with Crippen LogP contribution in [0.5, 0.6) is 11.5 Å². The van der Waals surface area contributed by atoms with Gasteiger partial charge in [-0.25, -0.2) is 4.98 Å². The van der Waals surface area contributed by atoms with E-state index < -0.39 is 0 Å². The highest BCUT2D eigenvalue weighted by Gasteiger charge is 2.14. The molecule has 28 heavy (non-hydrogen) atoms. The second-order valence-electron chi connectivity index (χ2n) is 6.40. The van der Waals surface area contributed by atoms with Crippen LogP contribution in [0.3, 0.4) is 0 Å². The van der Waals surface area contributed by atoms with Crippen LogP contribution in [-0.2, 0) is 0 Å². The van der Waals surface area contributed by atoms with Crippen molar-refractivity contribution in [3.05, 3.63) is 51.8 Å². The monoisotopic (exact) mass is 395 g/mol. The number of aromatic amines is 1. The highest BCUT2D eigenvalue weighted by Crippen LogP contribution is 2.37. The number of H-pyrrole nitrogens is 1. The van der Waals surface area contributed by atoms with E-state index in [4.69, 9.17) is 21.1 Å². The minimum Gasteiger partial charge on any atom is -0.490 e. The molecule has 144 valence electrons. The lowest BCUT2D eigenvalue weighted by Gasteiger charge is -2.13. The van der Waals surface area contributed by atoms with Gasteiger partial charge in [0.25, 0.3) is 0 Å². The van der Waals surface area contributed by atoms with Gasteiger partial charge in [0.15, 0.2) is 11.5 Å². The summed E-state index contributed by atoms with van der Waals surface area (Å²) in [5.74, 6) is 1.58. The number of allylic oxidation sites excluding steroid dienone is 1. The first-order valence-corrected chi connectivity index (χ1v) is 9.52. The molecule has 6 heteroatoms. The number of nitriles is 1. The Morgan fingerprint density at radius 3 is 2.54 bits per heavy atom. The Hall–Kier alpha value is -2.97. The molecule has 0 fully saturated rings. The predicted octanol–water partition coefficient (Wildman–Crippen LogP) is 5.69. The minimum absolute atomic E-state index is 0.411. The van der Waals surface area contributed by atoms with E-state index in [1.807, 2.05) is 45.9 Å². The van der Waals surface area contributed by atoms with Crippen molar-refractivity contribution in [2.24, 2.45) is 0 Å². The number of aromatic nitrogens is 2. The maximum atomic E-state index is 9.69. The molecular formula is C22H22ClN3O2. The first-order valence-electron chi connectivity index (χ1n) is 9.15. The molecule has 0 atom stereocenters. The van der Waals surface area contributed by atoms with Crippen LogP contribution >= 0.6 is 11.6 Å². The fourth-order valence-corrected chi connectivity index (χ4v) is 3.21. The van der Waals surface area contributed by atoms with Crippen LogP contribution in [0.15, 0.2) is 24.3 Å². The summed E-state index contributed by atoms with van der Waals surface area (Å²) >= 11 is 6.38. The highest BCUT2D eigenvalue weighted by atomic mass is 35.5. The molecular weight excluding hydrogens is 374 g/mol. The maximum absolute atomic E-state index is 9.69. The van der Waals surface area contributed by atoms with Gasteiger partial charge >= 0.3 is 0 Å². The van der Waals surface area contributed by atoms with Crippen LogP contribution in [0.25, 0.3) is 22.7 Å². The zero-order valence-corrected chi connectivity index (χ0v) is 17.1. The van der Waals surface area contributed by atoms with Gasteiger partial charge in [0.2, 0.25) is 0 Å². The number of benzene rings is 2. The fraction of sp³-hybridized carbons (Fsp3) is 0.273. The Morgan fingerprint density at radius 2 is 1.86 bits per heavy atom. The summed E-state index contributed by atoms with van der Waals surface area (Å²) in [4.78, 5) is 7.81. The summed E-state index contributed by atoms with van der Waals surface area (Å²) in [6, 6.07) is 9.84. The quantitative estimate of drug-likeness (QED) is 0.544. The van der Waals surface area contributed by atoms with Crippen LogP contribution < -0.4 is 9.47 Å². The number of fused-ring (bicyclic) bond motifs is 1. The van der Waals surface area contributed by atoms with E-state index in [-0.39, 0.29) is 0 Å². The molecule has 0 aliphatic rings. The van der Waals surface area contributed by atoms with E-state index >= 15 is 0 Å². The van der Waals surface area contributed by atoms with Crippen molar-refractivity contribution in [1.82, 2.24) is 9.97 Å². The van der Waals surface area contributed by atoms with Gasteiger partial charge in [-0.2, -0.15) is 5.26 Å². The Kier molecular flexibility index (Phi) is 5.91. The lowest BCUT2D eigenvalue weighted by Crippen LogP contribution is -1.99. The lowest BCUT2D eigenvalue weighted by atomic mass is 10.1. The molecule has 1 N–H and O–H groups in total. The molecule has 0 saturated heterocycles. The molecule has 0 saturated carbocycles. The van der Waals surface area contributed by atoms with Crippen molar-refractivity contribution in [3.63, 3.8) is 0 Å². The summed E-state index contributed by atoms with van der Waals surface area (Å²) in [6.07, 6.45) is 1.74. The zero-order valence-electron chi connectivity index (χ0n) is 16.4. The van der Waals surface area contributed by atoms with Gasteiger partial charge in [0, 0.05) is 0 Å². The second kappa shape index (κ2) is 8.37. The van der Waals surface area contributed by atoms with Gasteiger partial charge in [-0.05, 0) is 74.7 Å². The van der Waals surface area contributed by atoms with E-state index in [1.165, 1.54) is 5.56 Å². The Labute approximate surface area is 169 Å². The van der Waals surface area contributed by atoms with Gasteiger partial charge in [-0.15, -0.1) is 0 Å². The molecule has 2 aromatic carbocycles. The smallest absolute Gasteiger partial charge is 0.179 e. The number of halogens is 1. The molecule has 0 bridgehead atoms. The van der Waals surface area contributed by atoms with Gasteiger partial charge in [0.05, 0.1) is 34.8 Å². The minimum atomic E-state index is 0.411. The number of nitrogens with one attached hydrogen (secondary N) is 1. The molecule has 1 aromatic heterocycles. The second-order valence-corrected chi connectivity index (χ2v) is 6.81. The summed E-state index contributed by atoms with van der Waals surface area (Å²) in [5.41, 5.74) is 5.21. The average molecular weight is 396 g/mol. The number of hydrogen-bond acceptors (Lipinski definition) is 4. The lowest BCUT2D eigenvalue weighted by molar-refractivity contribution is 0.288. The molecule has 0 spiro atoms. The zero-order chi connectivity index (χ0) is 20.3. The van der Waals surface area contributed by atoms with Crippen molar-refractivity contribution in [2.45, 2.75) is 27.7 Å². The van der Waals surface area contributed by atoms with Gasteiger partial charge < -0.3 is 14.5 Å². The first kappa shape index (κ1) is 19.8. The summed E-state index contributed by atoms with van der Waals surface area (Å²) < 4.78 is 11.3. The van der Waals surface area contributed by atoms with Gasteiger partial charge in [-0.1, -0.05) is 11.6 Å². The van der Waals surface area contributed by atoms with E-state index in [0.29, 0.717) is 41.1 Å². The molecule has 0 aliphatic heterocycles. The van der Waals surface area contributed by atoms with E-state index in [0.717, 1.165) is 22.2 Å². The molecule has 0 amide bonds. The number of aryl methyl sites for hydroxylation is 2. The predicted molar refractivity (Wildman–Crippen MR) is 113 cm³/mol. The van der Waals surface area contributed by atoms with E-state index in [9.17, 15) is 5.26 Å². The molecule has 5 nitrogen and oxygen atoms in total. The van der Waals surface area contributed by atoms with E-state index in [1.54, 1.807) is 12.1 Å². The third kappa shape index (κ3) is 3.97. The van der Waals surface area contributed by atoms with Crippen molar-refractivity contribution in [2.75, 3.05) is 13.2 Å². The normalized spacial score (nSPS) is 11.5. The summed E-state index contributed by atoms with van der Waals surface area (Å²) in [5, 5.41) is 10.1. The molecule has 3 aromatic rings. The highest BCUT2D eigenvalue weighted by molar-refractivity contribution is 6.32. The largest absolute Gasteiger partial charge is 0.490 e. The molecule has 0 aliphatic carbocycles. The standard InChI is InChI=1S/C22H22ClN3O2/c1-5-27-20-11-15(10-17(23)21(20)28-6-2)9-16(12-24)22-25-18-7-13(3)14(4)8-19(18)26-22/h7-11H,5-6H2,1-4H3,(H,25,26)/b16-9-. The number of rotatable bonds is 6. The third-order valence-electron chi connectivity index (χ3n) is 4.40. The fourth-order valence-electron chi connectivity index (χ4n) is 2.94. The summed E-state index contributed by atoms with van der Waals surface area (Å²) in [7, 11) is 0. The first-order chi connectivity index (χ1) is 13.5. The van der Waals surface area contributed by atoms with Crippen LogP contribution in [0.1, 0.15) is 36.4 Å². The average Bonchev–Trinajstić information content (AvgIpc) is 3.05. The Balaban J connectivity index is 2.06. The Morgan fingerprint density at radius 1 is 1.14 bits per heavy atom. The molecule has 0 unspecified atom stereocenters. The third-order valence-corrected chi connectivity index (χ3v) is 4.69. The van der Waals surface area contributed by atoms with Crippen LogP contribution in [0.2, 0.25) is 5.02 Å². The SMILES string of the molecule is CCOc1cc(/C=C(/C#N)c2nc3cc(C)c(C)cc3[nH]2)cc(Cl)c1OCC.